The molecule has 152 valence electrons. The second-order valence-electron chi connectivity index (χ2n) is 5.90. The van der Waals surface area contributed by atoms with E-state index in [0.29, 0.717) is 11.3 Å². The van der Waals surface area contributed by atoms with Gasteiger partial charge in [0.05, 0.1) is 25.2 Å². The largest absolute Gasteiger partial charge is 0.497 e. The maximum atomic E-state index is 12.5. The van der Waals surface area contributed by atoms with Crippen LogP contribution in [0.5, 0.6) is 5.75 Å². The van der Waals surface area contributed by atoms with Crippen molar-refractivity contribution >= 4 is 11.9 Å². The number of nitro groups is 1. The lowest BCUT2D eigenvalue weighted by Crippen LogP contribution is -2.18. The van der Waals surface area contributed by atoms with E-state index in [2.05, 4.69) is 0 Å². The van der Waals surface area contributed by atoms with Crippen molar-refractivity contribution in [2.75, 3.05) is 20.3 Å². The average Bonchev–Trinajstić information content (AvgIpc) is 2.73. The first kappa shape index (κ1) is 21.6. The second kappa shape index (κ2) is 10.6. The molecule has 0 saturated heterocycles. The van der Waals surface area contributed by atoms with Gasteiger partial charge in [-0.05, 0) is 42.8 Å². The highest BCUT2D eigenvalue weighted by molar-refractivity contribution is 5.95. The van der Waals surface area contributed by atoms with Gasteiger partial charge in [-0.25, -0.2) is 9.59 Å². The first-order valence-corrected chi connectivity index (χ1v) is 8.86. The molecule has 0 fully saturated rings. The zero-order valence-corrected chi connectivity index (χ0v) is 16.1. The van der Waals surface area contributed by atoms with E-state index in [-0.39, 0.29) is 12.2 Å². The van der Waals surface area contributed by atoms with Crippen molar-refractivity contribution < 1.29 is 28.7 Å². The number of carbonyl (C=O) groups is 2. The summed E-state index contributed by atoms with van der Waals surface area (Å²) in [6.45, 7) is 1.18. The van der Waals surface area contributed by atoms with Crippen LogP contribution in [0.1, 0.15) is 28.8 Å². The second-order valence-corrected chi connectivity index (χ2v) is 5.90. The Hall–Kier alpha value is -3.68. The van der Waals surface area contributed by atoms with Gasteiger partial charge in [0.2, 0.25) is 12.3 Å². The van der Waals surface area contributed by atoms with E-state index < -0.39 is 35.1 Å². The Morgan fingerprint density at radius 1 is 1.10 bits per heavy atom. The molecule has 0 aliphatic rings. The van der Waals surface area contributed by atoms with Crippen molar-refractivity contribution in [2.45, 2.75) is 12.8 Å². The van der Waals surface area contributed by atoms with Gasteiger partial charge in [0, 0.05) is 4.92 Å². The standard InChI is InChI=1S/C21H21NO7/c1-3-28-21(24)19(29-20(23)16-9-11-18(27-2)12-10-16)13-17(14-22(25)26)15-7-5-4-6-8-15/h4-13,17H,3,14H2,1-2H3/b19-13-/t17-/m1/s1. The third-order valence-corrected chi connectivity index (χ3v) is 3.93. The molecule has 8 nitrogen and oxygen atoms in total. The molecule has 0 unspecified atom stereocenters. The van der Waals surface area contributed by atoms with Gasteiger partial charge < -0.3 is 14.2 Å². The van der Waals surface area contributed by atoms with Crippen LogP contribution in [0.3, 0.4) is 0 Å². The van der Waals surface area contributed by atoms with Crippen LogP contribution in [0.2, 0.25) is 0 Å². The van der Waals surface area contributed by atoms with Crippen LogP contribution < -0.4 is 4.74 Å². The molecule has 2 rings (SSSR count). The predicted octanol–water partition coefficient (Wildman–Crippen LogP) is 3.36. The lowest BCUT2D eigenvalue weighted by Gasteiger charge is -2.13. The highest BCUT2D eigenvalue weighted by Crippen LogP contribution is 2.21. The number of rotatable bonds is 9. The fourth-order valence-electron chi connectivity index (χ4n) is 2.53. The number of nitrogens with zero attached hydrogens (tertiary/aromatic N) is 1. The zero-order valence-electron chi connectivity index (χ0n) is 16.1. The summed E-state index contributed by atoms with van der Waals surface area (Å²) in [5.74, 6) is -2.30. The summed E-state index contributed by atoms with van der Waals surface area (Å²) < 4.78 is 15.2. The van der Waals surface area contributed by atoms with Crippen LogP contribution in [0.15, 0.2) is 66.4 Å². The molecule has 0 aliphatic carbocycles. The maximum Gasteiger partial charge on any atom is 0.374 e. The Bertz CT molecular complexity index is 876. The fourth-order valence-corrected chi connectivity index (χ4v) is 2.53. The zero-order chi connectivity index (χ0) is 21.2. The molecular formula is C21H21NO7. The molecular weight excluding hydrogens is 378 g/mol. The van der Waals surface area contributed by atoms with Gasteiger partial charge in [-0.2, -0.15) is 0 Å². The topological polar surface area (TPSA) is 105 Å². The first-order valence-electron chi connectivity index (χ1n) is 8.86. The van der Waals surface area contributed by atoms with Gasteiger partial charge in [-0.1, -0.05) is 30.3 Å². The lowest BCUT2D eigenvalue weighted by molar-refractivity contribution is -0.481. The van der Waals surface area contributed by atoms with Crippen LogP contribution in [0.4, 0.5) is 0 Å². The van der Waals surface area contributed by atoms with E-state index in [0.717, 1.165) is 0 Å². The maximum absolute atomic E-state index is 12.5. The third kappa shape index (κ3) is 6.46. The van der Waals surface area contributed by atoms with Gasteiger partial charge in [0.15, 0.2) is 0 Å². The van der Waals surface area contributed by atoms with E-state index in [1.54, 1.807) is 49.4 Å². The van der Waals surface area contributed by atoms with Crippen LogP contribution in [-0.2, 0) is 14.3 Å². The quantitative estimate of drug-likeness (QED) is 0.209. The molecule has 29 heavy (non-hydrogen) atoms. The van der Waals surface area contributed by atoms with Crippen molar-refractivity contribution in [3.8, 4) is 5.75 Å². The number of esters is 2. The number of carbonyl (C=O) groups excluding carboxylic acids is 2. The smallest absolute Gasteiger partial charge is 0.374 e. The van der Waals surface area contributed by atoms with Crippen molar-refractivity contribution in [1.29, 1.82) is 0 Å². The summed E-state index contributed by atoms with van der Waals surface area (Å²) in [5, 5.41) is 11.1. The van der Waals surface area contributed by atoms with Gasteiger partial charge in [0.1, 0.15) is 5.75 Å². The number of hydrogen-bond acceptors (Lipinski definition) is 7. The van der Waals surface area contributed by atoms with E-state index in [9.17, 15) is 19.7 Å². The number of ether oxygens (including phenoxy) is 3. The van der Waals surface area contributed by atoms with E-state index in [1.807, 2.05) is 0 Å². The normalized spacial score (nSPS) is 12.0. The Morgan fingerprint density at radius 2 is 1.76 bits per heavy atom. The van der Waals surface area contributed by atoms with Gasteiger partial charge in [-0.15, -0.1) is 0 Å². The summed E-state index contributed by atoms with van der Waals surface area (Å²) in [6.07, 6.45) is 1.25. The predicted molar refractivity (Wildman–Crippen MR) is 104 cm³/mol. The molecule has 0 amide bonds. The highest BCUT2D eigenvalue weighted by atomic mass is 16.6. The van der Waals surface area contributed by atoms with Gasteiger partial charge >= 0.3 is 11.9 Å². The molecule has 2 aromatic rings. The van der Waals surface area contributed by atoms with Crippen molar-refractivity contribution in [1.82, 2.24) is 0 Å². The lowest BCUT2D eigenvalue weighted by atomic mass is 9.98. The Balaban J connectivity index is 2.34. The van der Waals surface area contributed by atoms with Crippen molar-refractivity contribution in [3.05, 3.63) is 87.7 Å². The minimum Gasteiger partial charge on any atom is -0.497 e. The minimum atomic E-state index is -0.876. The number of benzene rings is 2. The first-order chi connectivity index (χ1) is 13.9. The van der Waals surface area contributed by atoms with Crippen LogP contribution in [0, 0.1) is 10.1 Å². The molecule has 1 atom stereocenters. The molecule has 2 aromatic carbocycles. The molecule has 0 spiro atoms. The van der Waals surface area contributed by atoms with Crippen LogP contribution >= 0.6 is 0 Å². The summed E-state index contributed by atoms with van der Waals surface area (Å²) >= 11 is 0. The summed E-state index contributed by atoms with van der Waals surface area (Å²) in [5.41, 5.74) is 0.790. The molecule has 0 aromatic heterocycles. The number of methoxy groups -OCH3 is 1. The molecule has 0 bridgehead atoms. The monoisotopic (exact) mass is 399 g/mol. The Labute approximate surface area is 167 Å². The molecule has 0 radical (unpaired) electrons. The average molecular weight is 399 g/mol. The van der Waals surface area contributed by atoms with Crippen molar-refractivity contribution in [3.63, 3.8) is 0 Å². The summed E-state index contributed by atoms with van der Waals surface area (Å²) in [4.78, 5) is 35.4. The Kier molecular flexibility index (Phi) is 7.90. The van der Waals surface area contributed by atoms with E-state index in [1.165, 1.54) is 25.3 Å². The minimum absolute atomic E-state index is 0.0570. The summed E-state index contributed by atoms with van der Waals surface area (Å²) in [6, 6.07) is 14.7. The SMILES string of the molecule is CCOC(=O)/C(=C/[C@H](C[N+](=O)[O-])c1ccccc1)OC(=O)c1ccc(OC)cc1. The molecule has 0 saturated carbocycles. The van der Waals surface area contributed by atoms with Crippen LogP contribution in [-0.4, -0.2) is 37.1 Å². The fraction of sp³-hybridized carbons (Fsp3) is 0.238. The van der Waals surface area contributed by atoms with Gasteiger partial charge in [-0.3, -0.25) is 10.1 Å². The molecule has 0 N–H and O–H groups in total. The van der Waals surface area contributed by atoms with Crippen LogP contribution in [0.25, 0.3) is 0 Å². The van der Waals surface area contributed by atoms with Crippen molar-refractivity contribution in [2.24, 2.45) is 0 Å². The molecule has 8 heteroatoms. The van der Waals surface area contributed by atoms with E-state index in [4.69, 9.17) is 14.2 Å². The Morgan fingerprint density at radius 3 is 2.31 bits per heavy atom. The molecule has 0 aliphatic heterocycles. The highest BCUT2D eigenvalue weighted by Gasteiger charge is 2.23. The van der Waals surface area contributed by atoms with Gasteiger partial charge in [0.25, 0.3) is 0 Å². The number of hydrogen-bond donors (Lipinski definition) is 0. The summed E-state index contributed by atoms with van der Waals surface area (Å²) in [7, 11) is 1.49. The third-order valence-electron chi connectivity index (χ3n) is 3.93. The molecule has 0 heterocycles. The van der Waals surface area contributed by atoms with E-state index >= 15 is 0 Å².